The van der Waals surface area contributed by atoms with E-state index in [1.54, 1.807) is 17.1 Å². The summed E-state index contributed by atoms with van der Waals surface area (Å²) in [5, 5.41) is 4.06. The maximum atomic E-state index is 12.4. The van der Waals surface area contributed by atoms with E-state index in [4.69, 9.17) is 9.47 Å². The summed E-state index contributed by atoms with van der Waals surface area (Å²) in [5.74, 6) is 0.238. The number of nitrogens with zero attached hydrogens (tertiary/aromatic N) is 2. The maximum absolute atomic E-state index is 12.4. The Kier molecular flexibility index (Phi) is 2.95. The van der Waals surface area contributed by atoms with Gasteiger partial charge in [0.15, 0.2) is 5.78 Å². The Bertz CT molecular complexity index is 449. The molecule has 3 heterocycles. The zero-order valence-corrected chi connectivity index (χ0v) is 10.6. The van der Waals surface area contributed by atoms with Crippen LogP contribution >= 0.6 is 0 Å². The number of aromatic nitrogens is 2. The quantitative estimate of drug-likeness (QED) is 0.740. The SMILES string of the molecule is Cn1cc(C(=O)C2CCOC3(CCOC3)C2)cn1. The van der Waals surface area contributed by atoms with Crippen LogP contribution in [0.5, 0.6) is 0 Å². The molecule has 0 radical (unpaired) electrons. The zero-order chi connectivity index (χ0) is 12.6. The minimum absolute atomic E-state index is 0.0460. The summed E-state index contributed by atoms with van der Waals surface area (Å²) in [6.07, 6.45) is 5.92. The van der Waals surface area contributed by atoms with Gasteiger partial charge in [0.1, 0.15) is 0 Å². The summed E-state index contributed by atoms with van der Waals surface area (Å²) < 4.78 is 12.9. The summed E-state index contributed by atoms with van der Waals surface area (Å²) in [6.45, 7) is 2.03. The molecule has 0 N–H and O–H groups in total. The Morgan fingerprint density at radius 2 is 2.44 bits per heavy atom. The van der Waals surface area contributed by atoms with Crippen LogP contribution in [0.1, 0.15) is 29.6 Å². The highest BCUT2D eigenvalue weighted by Crippen LogP contribution is 2.36. The Hall–Kier alpha value is -1.20. The van der Waals surface area contributed by atoms with E-state index < -0.39 is 0 Å². The molecule has 0 bridgehead atoms. The van der Waals surface area contributed by atoms with Crippen molar-refractivity contribution in [2.24, 2.45) is 13.0 Å². The Morgan fingerprint density at radius 1 is 1.56 bits per heavy atom. The second-order valence-corrected chi connectivity index (χ2v) is 5.29. The molecule has 0 saturated carbocycles. The fourth-order valence-corrected chi connectivity index (χ4v) is 2.90. The van der Waals surface area contributed by atoms with E-state index in [1.807, 2.05) is 7.05 Å². The van der Waals surface area contributed by atoms with E-state index in [0.29, 0.717) is 18.8 Å². The standard InChI is InChI=1S/C13H18N2O3/c1-15-8-11(7-14-15)12(16)10-2-4-18-13(6-10)3-5-17-9-13/h7-8,10H,2-6,9H2,1H3. The van der Waals surface area contributed by atoms with Gasteiger partial charge >= 0.3 is 0 Å². The molecule has 98 valence electrons. The number of ketones is 1. The lowest BCUT2D eigenvalue weighted by atomic mass is 9.81. The van der Waals surface area contributed by atoms with E-state index in [2.05, 4.69) is 5.10 Å². The second-order valence-electron chi connectivity index (χ2n) is 5.29. The highest BCUT2D eigenvalue weighted by atomic mass is 16.6. The van der Waals surface area contributed by atoms with Gasteiger partial charge in [-0.05, 0) is 12.8 Å². The first-order valence-corrected chi connectivity index (χ1v) is 6.43. The van der Waals surface area contributed by atoms with Crippen LogP contribution in [0.4, 0.5) is 0 Å². The highest BCUT2D eigenvalue weighted by molar-refractivity contribution is 5.97. The average Bonchev–Trinajstić information content (AvgIpc) is 2.98. The van der Waals surface area contributed by atoms with Crippen LogP contribution < -0.4 is 0 Å². The Morgan fingerprint density at radius 3 is 3.11 bits per heavy atom. The average molecular weight is 250 g/mol. The van der Waals surface area contributed by atoms with Crippen LogP contribution in [-0.4, -0.2) is 41.0 Å². The van der Waals surface area contributed by atoms with Crippen LogP contribution in [0.2, 0.25) is 0 Å². The van der Waals surface area contributed by atoms with Crippen molar-refractivity contribution in [1.29, 1.82) is 0 Å². The molecule has 3 rings (SSSR count). The van der Waals surface area contributed by atoms with Crippen LogP contribution in [-0.2, 0) is 16.5 Å². The molecule has 0 aliphatic carbocycles. The number of hydrogen-bond acceptors (Lipinski definition) is 4. The van der Waals surface area contributed by atoms with Gasteiger partial charge in [0.2, 0.25) is 0 Å². The first-order chi connectivity index (χ1) is 8.69. The molecule has 2 atom stereocenters. The number of aryl methyl sites for hydroxylation is 1. The van der Waals surface area contributed by atoms with Gasteiger partial charge in [0, 0.05) is 38.8 Å². The van der Waals surface area contributed by atoms with Gasteiger partial charge in [-0.1, -0.05) is 0 Å². The molecule has 2 aliphatic heterocycles. The number of hydrogen-bond donors (Lipinski definition) is 0. The smallest absolute Gasteiger partial charge is 0.169 e. The number of carbonyl (C=O) groups is 1. The largest absolute Gasteiger partial charge is 0.378 e. The van der Waals surface area contributed by atoms with E-state index in [0.717, 1.165) is 25.9 Å². The predicted octanol–water partition coefficient (Wildman–Crippen LogP) is 1.19. The van der Waals surface area contributed by atoms with Crippen molar-refractivity contribution < 1.29 is 14.3 Å². The summed E-state index contributed by atoms with van der Waals surface area (Å²) >= 11 is 0. The molecule has 5 nitrogen and oxygen atoms in total. The van der Waals surface area contributed by atoms with Crippen molar-refractivity contribution in [3.8, 4) is 0 Å². The molecular weight excluding hydrogens is 232 g/mol. The minimum Gasteiger partial charge on any atom is -0.378 e. The van der Waals surface area contributed by atoms with Crippen molar-refractivity contribution in [3.63, 3.8) is 0 Å². The highest BCUT2D eigenvalue weighted by Gasteiger charge is 2.43. The third kappa shape index (κ3) is 2.08. The molecule has 18 heavy (non-hydrogen) atoms. The normalized spacial score (nSPS) is 31.9. The molecule has 2 fully saturated rings. The summed E-state index contributed by atoms with van der Waals surface area (Å²) in [5.41, 5.74) is 0.499. The van der Waals surface area contributed by atoms with Gasteiger partial charge < -0.3 is 9.47 Å². The molecular formula is C13H18N2O3. The number of rotatable bonds is 2. The molecule has 5 heteroatoms. The summed E-state index contributed by atoms with van der Waals surface area (Å²) in [4.78, 5) is 12.4. The van der Waals surface area contributed by atoms with Gasteiger partial charge in [0.25, 0.3) is 0 Å². The van der Waals surface area contributed by atoms with Crippen molar-refractivity contribution in [3.05, 3.63) is 18.0 Å². The van der Waals surface area contributed by atoms with E-state index >= 15 is 0 Å². The van der Waals surface area contributed by atoms with Crippen molar-refractivity contribution in [2.75, 3.05) is 19.8 Å². The molecule has 1 spiro atoms. The molecule has 0 aromatic carbocycles. The third-order valence-electron chi connectivity index (χ3n) is 3.92. The van der Waals surface area contributed by atoms with Gasteiger partial charge in [0.05, 0.1) is 24.0 Å². The lowest BCUT2D eigenvalue weighted by molar-refractivity contribution is -0.0920. The molecule has 2 saturated heterocycles. The van der Waals surface area contributed by atoms with Gasteiger partial charge in [-0.2, -0.15) is 5.10 Å². The lowest BCUT2D eigenvalue weighted by Gasteiger charge is -2.36. The van der Waals surface area contributed by atoms with E-state index in [1.165, 1.54) is 0 Å². The monoisotopic (exact) mass is 250 g/mol. The molecule has 2 unspecified atom stereocenters. The first-order valence-electron chi connectivity index (χ1n) is 6.43. The van der Waals surface area contributed by atoms with Crippen molar-refractivity contribution in [1.82, 2.24) is 9.78 Å². The minimum atomic E-state index is -0.208. The second kappa shape index (κ2) is 4.48. The van der Waals surface area contributed by atoms with Crippen LogP contribution in [0.3, 0.4) is 0 Å². The van der Waals surface area contributed by atoms with Crippen molar-refractivity contribution >= 4 is 5.78 Å². The lowest BCUT2D eigenvalue weighted by Crippen LogP contribution is -2.42. The number of ether oxygens (including phenoxy) is 2. The molecule has 1 aromatic heterocycles. The number of Topliss-reactive ketones (excluding diaryl/α,β-unsaturated/α-hetero) is 1. The van der Waals surface area contributed by atoms with E-state index in [9.17, 15) is 4.79 Å². The first kappa shape index (κ1) is 11.9. The Labute approximate surface area is 106 Å². The number of carbonyl (C=O) groups excluding carboxylic acids is 1. The molecule has 1 aromatic rings. The fraction of sp³-hybridized carbons (Fsp3) is 0.692. The van der Waals surface area contributed by atoms with Crippen LogP contribution in [0, 0.1) is 5.92 Å². The topological polar surface area (TPSA) is 53.4 Å². The maximum Gasteiger partial charge on any atom is 0.169 e. The van der Waals surface area contributed by atoms with Crippen LogP contribution in [0.25, 0.3) is 0 Å². The van der Waals surface area contributed by atoms with Gasteiger partial charge in [-0.15, -0.1) is 0 Å². The van der Waals surface area contributed by atoms with Crippen LogP contribution in [0.15, 0.2) is 12.4 Å². The van der Waals surface area contributed by atoms with E-state index in [-0.39, 0.29) is 17.3 Å². The Balaban J connectivity index is 1.74. The third-order valence-corrected chi connectivity index (χ3v) is 3.92. The zero-order valence-electron chi connectivity index (χ0n) is 10.6. The summed E-state index contributed by atoms with van der Waals surface area (Å²) in [7, 11) is 1.83. The summed E-state index contributed by atoms with van der Waals surface area (Å²) in [6, 6.07) is 0. The fourth-order valence-electron chi connectivity index (χ4n) is 2.90. The predicted molar refractivity (Wildman–Crippen MR) is 64.4 cm³/mol. The molecule has 2 aliphatic rings. The van der Waals surface area contributed by atoms with Gasteiger partial charge in [-0.25, -0.2) is 0 Å². The van der Waals surface area contributed by atoms with Gasteiger partial charge in [-0.3, -0.25) is 9.48 Å². The van der Waals surface area contributed by atoms with Crippen molar-refractivity contribution in [2.45, 2.75) is 24.9 Å². The molecule has 0 amide bonds.